The number of carboxylic acids is 1. The molecule has 0 aromatic heterocycles. The van der Waals surface area contributed by atoms with E-state index in [1.807, 2.05) is 0 Å². The topological polar surface area (TPSA) is 37.3 Å². The van der Waals surface area contributed by atoms with Gasteiger partial charge in [-0.2, -0.15) is 0 Å². The zero-order chi connectivity index (χ0) is 22.3. The molecule has 0 aromatic carbocycles. The first kappa shape index (κ1) is 29.5. The summed E-state index contributed by atoms with van der Waals surface area (Å²) in [6.07, 6.45) is 28.5. The molecule has 1 N–H and O–H groups in total. The van der Waals surface area contributed by atoms with E-state index >= 15 is 0 Å². The van der Waals surface area contributed by atoms with Gasteiger partial charge in [-0.15, -0.1) is 0 Å². The fourth-order valence-corrected chi connectivity index (χ4v) is 4.94. The number of hydrogen-bond donors (Lipinski definition) is 1. The van der Waals surface area contributed by atoms with Crippen LogP contribution in [0.15, 0.2) is 0 Å². The molecule has 2 nitrogen and oxygen atoms in total. The van der Waals surface area contributed by atoms with Crippen LogP contribution in [0, 0.1) is 11.8 Å². The van der Waals surface area contributed by atoms with Crippen LogP contribution in [-0.2, 0) is 4.79 Å². The molecule has 0 heterocycles. The summed E-state index contributed by atoms with van der Waals surface area (Å²) in [6, 6.07) is 0. The maximum atomic E-state index is 10.9. The lowest BCUT2D eigenvalue weighted by Gasteiger charge is -2.28. The molecule has 30 heavy (non-hydrogen) atoms. The Kier molecular flexibility index (Phi) is 22.7. The second kappa shape index (κ2) is 23.1. The normalized spacial score (nSPS) is 13.4. The van der Waals surface area contributed by atoms with Crippen molar-refractivity contribution in [1.29, 1.82) is 0 Å². The Labute approximate surface area is 190 Å². The number of carbonyl (C=O) groups is 1. The highest BCUT2D eigenvalue weighted by Gasteiger charge is 2.20. The molecule has 2 unspecified atom stereocenters. The molecule has 0 fully saturated rings. The second-order valence-corrected chi connectivity index (χ2v) is 9.77. The molecule has 0 saturated heterocycles. The highest BCUT2D eigenvalue weighted by atomic mass is 16.4. The smallest absolute Gasteiger partial charge is 0.303 e. The third-order valence-corrected chi connectivity index (χ3v) is 6.92. The van der Waals surface area contributed by atoms with Crippen LogP contribution in [0.25, 0.3) is 0 Å². The van der Waals surface area contributed by atoms with Crippen molar-refractivity contribution in [2.45, 2.75) is 162 Å². The van der Waals surface area contributed by atoms with Gasteiger partial charge >= 0.3 is 5.97 Å². The van der Waals surface area contributed by atoms with Gasteiger partial charge in [0.05, 0.1) is 0 Å². The van der Waals surface area contributed by atoms with Crippen molar-refractivity contribution in [3.05, 3.63) is 0 Å². The summed E-state index contributed by atoms with van der Waals surface area (Å²) in [5.74, 6) is 1.08. The predicted molar refractivity (Wildman–Crippen MR) is 133 cm³/mol. The molecule has 0 aliphatic rings. The molecule has 2 atom stereocenters. The first-order valence-electron chi connectivity index (χ1n) is 13.9. The highest BCUT2D eigenvalue weighted by Crippen LogP contribution is 2.33. The lowest BCUT2D eigenvalue weighted by Crippen LogP contribution is -2.16. The van der Waals surface area contributed by atoms with Crippen molar-refractivity contribution in [3.63, 3.8) is 0 Å². The van der Waals surface area contributed by atoms with Gasteiger partial charge in [-0.1, -0.05) is 149 Å². The van der Waals surface area contributed by atoms with Gasteiger partial charge in [-0.25, -0.2) is 0 Å². The van der Waals surface area contributed by atoms with Gasteiger partial charge in [-0.3, -0.25) is 4.79 Å². The van der Waals surface area contributed by atoms with Crippen LogP contribution in [0.3, 0.4) is 0 Å². The Balaban J connectivity index is 4.63. The maximum Gasteiger partial charge on any atom is 0.303 e. The first-order chi connectivity index (χ1) is 14.7. The molecule has 0 spiro atoms. The van der Waals surface area contributed by atoms with Gasteiger partial charge < -0.3 is 5.11 Å². The molecule has 0 saturated carbocycles. The van der Waals surface area contributed by atoms with Gasteiger partial charge in [0.1, 0.15) is 0 Å². The van der Waals surface area contributed by atoms with Crippen LogP contribution < -0.4 is 0 Å². The molecule has 180 valence electrons. The highest BCUT2D eigenvalue weighted by molar-refractivity contribution is 5.66. The fourth-order valence-electron chi connectivity index (χ4n) is 4.94. The number of rotatable bonds is 24. The van der Waals surface area contributed by atoms with E-state index in [0.29, 0.717) is 6.42 Å². The van der Waals surface area contributed by atoms with Crippen molar-refractivity contribution in [2.75, 3.05) is 0 Å². The van der Waals surface area contributed by atoms with E-state index in [-0.39, 0.29) is 0 Å². The monoisotopic (exact) mass is 424 g/mol. The minimum absolute atomic E-state index is 0.349. The average molecular weight is 425 g/mol. The van der Waals surface area contributed by atoms with Crippen molar-refractivity contribution in [2.24, 2.45) is 11.8 Å². The summed E-state index contributed by atoms with van der Waals surface area (Å²) < 4.78 is 0. The Morgan fingerprint density at radius 3 is 1.17 bits per heavy atom. The van der Waals surface area contributed by atoms with Gasteiger partial charge in [0.2, 0.25) is 0 Å². The summed E-state index contributed by atoms with van der Waals surface area (Å²) in [5, 5.41) is 8.99. The zero-order valence-electron chi connectivity index (χ0n) is 21.1. The number of carboxylic acid groups (broad SMARTS) is 1. The van der Waals surface area contributed by atoms with E-state index < -0.39 is 5.97 Å². The fraction of sp³-hybridized carbons (Fsp3) is 0.964. The Bertz CT molecular complexity index is 353. The summed E-state index contributed by atoms with van der Waals surface area (Å²) >= 11 is 0. The van der Waals surface area contributed by atoms with Crippen LogP contribution in [0.5, 0.6) is 0 Å². The van der Waals surface area contributed by atoms with E-state index in [2.05, 4.69) is 20.8 Å². The Morgan fingerprint density at radius 1 is 0.500 bits per heavy atom. The molecule has 0 rings (SSSR count). The third-order valence-electron chi connectivity index (χ3n) is 6.92. The minimum Gasteiger partial charge on any atom is -0.481 e. The molecule has 0 bridgehead atoms. The lowest BCUT2D eigenvalue weighted by molar-refractivity contribution is -0.137. The van der Waals surface area contributed by atoms with Gasteiger partial charge in [0.25, 0.3) is 0 Å². The molecule has 0 aliphatic carbocycles. The standard InChI is InChI=1S/C28H56O2/c1-4-7-10-13-15-18-23-27(24-19-20-25-28(29)30)26(21-16-12-9-6-3)22-17-14-11-8-5-2/h26-27H,4-25H2,1-3H3,(H,29,30). The number of aliphatic carboxylic acids is 1. The Hall–Kier alpha value is -0.530. The Morgan fingerprint density at radius 2 is 0.800 bits per heavy atom. The minimum atomic E-state index is -0.630. The predicted octanol–water partition coefficient (Wildman–Crippen LogP) is 9.95. The van der Waals surface area contributed by atoms with E-state index in [4.69, 9.17) is 5.11 Å². The van der Waals surface area contributed by atoms with Crippen LogP contribution in [0.4, 0.5) is 0 Å². The quantitative estimate of drug-likeness (QED) is 0.156. The average Bonchev–Trinajstić information content (AvgIpc) is 2.73. The summed E-state index contributed by atoms with van der Waals surface area (Å²) in [5.41, 5.74) is 0. The molecular formula is C28H56O2. The number of hydrogen-bond acceptors (Lipinski definition) is 1. The molecule has 0 amide bonds. The van der Waals surface area contributed by atoms with E-state index in [0.717, 1.165) is 24.7 Å². The SMILES string of the molecule is CCCCCCCCC(CCCCC(=O)O)C(CCCCCC)CCCCCCC. The first-order valence-corrected chi connectivity index (χ1v) is 13.9. The van der Waals surface area contributed by atoms with Gasteiger partial charge in [0, 0.05) is 6.42 Å². The van der Waals surface area contributed by atoms with Crippen LogP contribution in [0.2, 0.25) is 0 Å². The van der Waals surface area contributed by atoms with Crippen LogP contribution in [0.1, 0.15) is 162 Å². The van der Waals surface area contributed by atoms with E-state index in [1.165, 1.54) is 122 Å². The van der Waals surface area contributed by atoms with Gasteiger partial charge in [-0.05, 0) is 18.3 Å². The zero-order valence-corrected chi connectivity index (χ0v) is 21.1. The van der Waals surface area contributed by atoms with Gasteiger partial charge in [0.15, 0.2) is 0 Å². The second-order valence-electron chi connectivity index (χ2n) is 9.77. The molecule has 2 heteroatoms. The van der Waals surface area contributed by atoms with E-state index in [9.17, 15) is 4.79 Å². The molecular weight excluding hydrogens is 368 g/mol. The third kappa shape index (κ3) is 19.4. The number of unbranched alkanes of at least 4 members (excludes halogenated alkanes) is 13. The summed E-state index contributed by atoms with van der Waals surface area (Å²) in [7, 11) is 0. The molecule has 0 radical (unpaired) electrons. The molecule has 0 aromatic rings. The van der Waals surface area contributed by atoms with Crippen LogP contribution >= 0.6 is 0 Å². The van der Waals surface area contributed by atoms with Crippen molar-refractivity contribution < 1.29 is 9.90 Å². The van der Waals surface area contributed by atoms with E-state index in [1.54, 1.807) is 0 Å². The summed E-state index contributed by atoms with van der Waals surface area (Å²) in [4.78, 5) is 10.9. The largest absolute Gasteiger partial charge is 0.481 e. The van der Waals surface area contributed by atoms with Crippen molar-refractivity contribution >= 4 is 5.97 Å². The van der Waals surface area contributed by atoms with Crippen LogP contribution in [-0.4, -0.2) is 11.1 Å². The van der Waals surface area contributed by atoms with Crippen molar-refractivity contribution in [1.82, 2.24) is 0 Å². The maximum absolute atomic E-state index is 10.9. The van der Waals surface area contributed by atoms with Crippen molar-refractivity contribution in [3.8, 4) is 0 Å². The molecule has 0 aliphatic heterocycles. The lowest BCUT2D eigenvalue weighted by atomic mass is 9.78. The summed E-state index contributed by atoms with van der Waals surface area (Å²) in [6.45, 7) is 6.88.